The van der Waals surface area contributed by atoms with E-state index in [0.29, 0.717) is 0 Å². The van der Waals surface area contributed by atoms with Crippen LogP contribution in [0, 0.1) is 0 Å². The van der Waals surface area contributed by atoms with E-state index in [1.165, 1.54) is 24.5 Å². The number of amides is 1. The molecule has 0 aromatic heterocycles. The van der Waals surface area contributed by atoms with Crippen molar-refractivity contribution in [3.05, 3.63) is 23.8 Å². The van der Waals surface area contributed by atoms with Crippen molar-refractivity contribution in [2.45, 2.75) is 13.1 Å². The summed E-state index contributed by atoms with van der Waals surface area (Å²) in [6, 6.07) is 3.48. The molecule has 0 aliphatic carbocycles. The molecule has 0 aliphatic rings. The van der Waals surface area contributed by atoms with Gasteiger partial charge in [-0.1, -0.05) is 0 Å². The van der Waals surface area contributed by atoms with E-state index in [2.05, 4.69) is 5.10 Å². The number of phenols is 2. The zero-order valence-corrected chi connectivity index (χ0v) is 9.12. The third kappa shape index (κ3) is 3.37. The summed E-state index contributed by atoms with van der Waals surface area (Å²) in [4.78, 5) is 10.5. The maximum atomic E-state index is 11.9. The number of carbonyl (C=O) groups excluding carboxylic acids is 1. The number of carbonyl (C=O) groups is 1. The van der Waals surface area contributed by atoms with Crippen LogP contribution in [0.2, 0.25) is 0 Å². The number of hydrazone groups is 1. The monoisotopic (exact) mass is 262 g/mol. The van der Waals surface area contributed by atoms with Crippen molar-refractivity contribution in [2.24, 2.45) is 5.10 Å². The summed E-state index contributed by atoms with van der Waals surface area (Å²) in [6.07, 6.45) is -5.03. The smallest absolute Gasteiger partial charge is 0.473 e. The first kappa shape index (κ1) is 13.8. The third-order valence-corrected chi connectivity index (χ3v) is 1.95. The number of phenolic OH excluding ortho intramolecular Hbond substituents is 2. The fourth-order valence-corrected chi connectivity index (χ4v) is 1.08. The van der Waals surface area contributed by atoms with Crippen molar-refractivity contribution in [1.82, 2.24) is 5.43 Å². The Kier molecular flexibility index (Phi) is 3.79. The van der Waals surface area contributed by atoms with E-state index in [9.17, 15) is 23.1 Å². The van der Waals surface area contributed by atoms with Crippen LogP contribution in [-0.2, 0) is 4.79 Å². The summed E-state index contributed by atoms with van der Waals surface area (Å²) in [5.74, 6) is -2.78. The molecule has 8 heteroatoms. The molecule has 98 valence electrons. The average Bonchev–Trinajstić information content (AvgIpc) is 2.24. The van der Waals surface area contributed by atoms with Crippen molar-refractivity contribution in [3.63, 3.8) is 0 Å². The minimum Gasteiger partial charge on any atom is -0.508 e. The van der Waals surface area contributed by atoms with Crippen LogP contribution in [0.1, 0.15) is 12.5 Å². The number of nitrogens with zero attached hydrogens (tertiary/aromatic N) is 1. The normalized spacial score (nSPS) is 12.3. The first-order chi connectivity index (χ1) is 8.21. The van der Waals surface area contributed by atoms with Crippen LogP contribution in [0.5, 0.6) is 11.5 Å². The Hall–Kier alpha value is -2.25. The van der Waals surface area contributed by atoms with Crippen molar-refractivity contribution in [1.29, 1.82) is 0 Å². The molecule has 0 atom stereocenters. The van der Waals surface area contributed by atoms with Crippen LogP contribution in [-0.4, -0.2) is 28.0 Å². The van der Waals surface area contributed by atoms with E-state index in [4.69, 9.17) is 5.11 Å². The summed E-state index contributed by atoms with van der Waals surface area (Å²) in [7, 11) is 0. The fraction of sp³-hybridized carbons (Fsp3) is 0.200. The van der Waals surface area contributed by atoms with E-state index in [-0.39, 0.29) is 22.8 Å². The van der Waals surface area contributed by atoms with Gasteiger partial charge in [0.25, 0.3) is 0 Å². The topological polar surface area (TPSA) is 81.9 Å². The van der Waals surface area contributed by atoms with Gasteiger partial charge in [-0.15, -0.1) is 0 Å². The Morgan fingerprint density at radius 3 is 2.44 bits per heavy atom. The highest BCUT2D eigenvalue weighted by molar-refractivity contribution is 6.01. The van der Waals surface area contributed by atoms with Gasteiger partial charge in [-0.3, -0.25) is 4.79 Å². The fourth-order valence-electron chi connectivity index (χ4n) is 1.08. The van der Waals surface area contributed by atoms with E-state index in [1.54, 1.807) is 0 Å². The Bertz CT molecular complexity index is 498. The number of hydrogen-bond acceptors (Lipinski definition) is 4. The lowest BCUT2D eigenvalue weighted by atomic mass is 10.1. The molecule has 18 heavy (non-hydrogen) atoms. The lowest BCUT2D eigenvalue weighted by Gasteiger charge is -2.06. The van der Waals surface area contributed by atoms with Crippen molar-refractivity contribution in [2.75, 3.05) is 0 Å². The van der Waals surface area contributed by atoms with Crippen LogP contribution >= 0.6 is 0 Å². The molecule has 1 aromatic carbocycles. The molecule has 0 saturated heterocycles. The van der Waals surface area contributed by atoms with Crippen LogP contribution in [0.25, 0.3) is 0 Å². The molecule has 0 radical (unpaired) electrons. The number of halogens is 3. The molecule has 1 rings (SSSR count). The molecule has 0 spiro atoms. The molecule has 0 unspecified atom stereocenters. The second-order valence-electron chi connectivity index (χ2n) is 3.34. The Balaban J connectivity index is 2.87. The summed E-state index contributed by atoms with van der Waals surface area (Å²) in [6.45, 7) is 1.29. The van der Waals surface area contributed by atoms with E-state index < -0.39 is 12.1 Å². The van der Waals surface area contributed by atoms with Crippen molar-refractivity contribution in [3.8, 4) is 11.5 Å². The summed E-state index contributed by atoms with van der Waals surface area (Å²) >= 11 is 0. The predicted octanol–water partition coefficient (Wildman–Crippen LogP) is 1.50. The van der Waals surface area contributed by atoms with Gasteiger partial charge < -0.3 is 10.2 Å². The maximum absolute atomic E-state index is 11.9. The molecule has 1 amide bonds. The van der Waals surface area contributed by atoms with E-state index in [0.717, 1.165) is 6.07 Å². The Morgan fingerprint density at radius 1 is 1.33 bits per heavy atom. The second-order valence-corrected chi connectivity index (χ2v) is 3.34. The number of aromatic hydroxyl groups is 2. The molecule has 5 nitrogen and oxygen atoms in total. The second kappa shape index (κ2) is 4.94. The van der Waals surface area contributed by atoms with Gasteiger partial charge in [0.15, 0.2) is 0 Å². The first-order valence-electron chi connectivity index (χ1n) is 4.65. The Labute approximate surface area is 99.6 Å². The molecule has 1 aromatic rings. The standard InChI is InChI=1S/C10H9F3N2O3/c1-5(14-15-9(18)10(11,12)13)7-3-2-6(16)4-8(7)17/h2-4,16-17H,1H3,(H,15,18)/b14-5+. The van der Waals surface area contributed by atoms with Gasteiger partial charge >= 0.3 is 12.1 Å². The number of benzene rings is 1. The summed E-state index contributed by atoms with van der Waals surface area (Å²) < 4.78 is 35.6. The van der Waals surface area contributed by atoms with Crippen LogP contribution in [0.3, 0.4) is 0 Å². The highest BCUT2D eigenvalue weighted by Gasteiger charge is 2.38. The van der Waals surface area contributed by atoms with E-state index in [1.807, 2.05) is 0 Å². The van der Waals surface area contributed by atoms with Crippen LogP contribution in [0.4, 0.5) is 13.2 Å². The lowest BCUT2D eigenvalue weighted by Crippen LogP contribution is -2.34. The molecule has 0 fully saturated rings. The zero-order valence-electron chi connectivity index (χ0n) is 9.12. The highest BCUT2D eigenvalue weighted by atomic mass is 19.4. The number of hydrogen-bond donors (Lipinski definition) is 3. The van der Waals surface area contributed by atoms with Crippen molar-refractivity contribution >= 4 is 11.6 Å². The zero-order chi connectivity index (χ0) is 13.9. The van der Waals surface area contributed by atoms with Gasteiger partial charge in [-0.2, -0.15) is 18.3 Å². The number of alkyl halides is 3. The average molecular weight is 262 g/mol. The lowest BCUT2D eigenvalue weighted by molar-refractivity contribution is -0.173. The van der Waals surface area contributed by atoms with E-state index >= 15 is 0 Å². The molecule has 0 saturated carbocycles. The quantitative estimate of drug-likeness (QED) is 0.558. The molecular weight excluding hydrogens is 253 g/mol. The van der Waals surface area contributed by atoms with Gasteiger partial charge in [-0.05, 0) is 19.1 Å². The Morgan fingerprint density at radius 2 is 1.94 bits per heavy atom. The minimum atomic E-state index is -5.03. The largest absolute Gasteiger partial charge is 0.508 e. The summed E-state index contributed by atoms with van der Waals surface area (Å²) in [5, 5.41) is 21.6. The number of nitrogens with one attached hydrogen (secondary N) is 1. The minimum absolute atomic E-state index is 0.0369. The van der Waals surface area contributed by atoms with Gasteiger partial charge in [0.2, 0.25) is 0 Å². The molecule has 0 bridgehead atoms. The molecule has 0 aliphatic heterocycles. The molecule has 0 heterocycles. The SMILES string of the molecule is C/C(=N\NC(=O)C(F)(F)F)c1ccc(O)cc1O. The highest BCUT2D eigenvalue weighted by Crippen LogP contribution is 2.23. The maximum Gasteiger partial charge on any atom is 0.473 e. The molecular formula is C10H9F3N2O3. The molecule has 3 N–H and O–H groups in total. The third-order valence-electron chi connectivity index (χ3n) is 1.95. The summed E-state index contributed by atoms with van der Waals surface area (Å²) in [5.41, 5.74) is 1.37. The van der Waals surface area contributed by atoms with Gasteiger partial charge in [-0.25, -0.2) is 5.43 Å². The van der Waals surface area contributed by atoms with Gasteiger partial charge in [0.1, 0.15) is 11.5 Å². The van der Waals surface area contributed by atoms with Crippen molar-refractivity contribution < 1.29 is 28.2 Å². The number of rotatable bonds is 2. The van der Waals surface area contributed by atoms with Crippen LogP contribution in [0.15, 0.2) is 23.3 Å². The van der Waals surface area contributed by atoms with Gasteiger partial charge in [0, 0.05) is 11.6 Å². The predicted molar refractivity (Wildman–Crippen MR) is 56.2 cm³/mol. The first-order valence-corrected chi connectivity index (χ1v) is 4.65. The van der Waals surface area contributed by atoms with Crippen LogP contribution < -0.4 is 5.43 Å². The van der Waals surface area contributed by atoms with Gasteiger partial charge in [0.05, 0.1) is 5.71 Å².